The van der Waals surface area contributed by atoms with E-state index in [0.717, 1.165) is 0 Å². The summed E-state index contributed by atoms with van der Waals surface area (Å²) in [5.41, 5.74) is 1.26. The molecule has 1 heterocycles. The summed E-state index contributed by atoms with van der Waals surface area (Å²) in [6, 6.07) is 8.86. The summed E-state index contributed by atoms with van der Waals surface area (Å²) >= 11 is 5.75. The molecule has 24 heavy (non-hydrogen) atoms. The summed E-state index contributed by atoms with van der Waals surface area (Å²) in [6.45, 7) is 0. The first-order chi connectivity index (χ1) is 11.5. The van der Waals surface area contributed by atoms with Crippen molar-refractivity contribution >= 4 is 39.8 Å². The number of benzene rings is 2. The van der Waals surface area contributed by atoms with Gasteiger partial charge in [-0.2, -0.15) is 0 Å². The Hall–Kier alpha value is -2.86. The van der Waals surface area contributed by atoms with Crippen LogP contribution in [0.25, 0.3) is 10.9 Å². The average molecular weight is 347 g/mol. The van der Waals surface area contributed by atoms with E-state index in [4.69, 9.17) is 16.3 Å². The fourth-order valence-corrected chi connectivity index (χ4v) is 2.51. The molecule has 3 aromatic rings. The molecule has 0 radical (unpaired) electrons. The third kappa shape index (κ3) is 2.96. The molecule has 1 aromatic heterocycles. The lowest BCUT2D eigenvalue weighted by Crippen LogP contribution is -2.02. The number of halogens is 2. The number of aromatic carboxylic acids is 1. The summed E-state index contributed by atoms with van der Waals surface area (Å²) in [7, 11) is 1.39. The Kier molecular flexibility index (Phi) is 4.22. The minimum atomic E-state index is -1.12. The summed E-state index contributed by atoms with van der Waals surface area (Å²) < 4.78 is 19.1. The van der Waals surface area contributed by atoms with Gasteiger partial charge in [0, 0.05) is 28.4 Å². The van der Waals surface area contributed by atoms with Gasteiger partial charge in [0.1, 0.15) is 17.1 Å². The van der Waals surface area contributed by atoms with E-state index in [2.05, 4.69) is 10.3 Å². The number of methoxy groups -OCH3 is 1. The highest BCUT2D eigenvalue weighted by Gasteiger charge is 2.15. The van der Waals surface area contributed by atoms with Crippen molar-refractivity contribution in [2.75, 3.05) is 12.4 Å². The third-order valence-electron chi connectivity index (χ3n) is 3.49. The van der Waals surface area contributed by atoms with Gasteiger partial charge < -0.3 is 15.2 Å². The Morgan fingerprint density at radius 1 is 1.25 bits per heavy atom. The van der Waals surface area contributed by atoms with Crippen molar-refractivity contribution in [1.82, 2.24) is 4.98 Å². The molecular weight excluding hydrogens is 335 g/mol. The van der Waals surface area contributed by atoms with Crippen LogP contribution in [0.1, 0.15) is 10.4 Å². The molecule has 3 rings (SSSR count). The van der Waals surface area contributed by atoms with Crippen LogP contribution in [-0.2, 0) is 0 Å². The first-order valence-electron chi connectivity index (χ1n) is 6.91. The topological polar surface area (TPSA) is 71.5 Å². The van der Waals surface area contributed by atoms with Crippen molar-refractivity contribution in [3.8, 4) is 5.75 Å². The van der Waals surface area contributed by atoms with Gasteiger partial charge in [-0.05, 0) is 30.3 Å². The largest absolute Gasteiger partial charge is 0.496 e. The monoisotopic (exact) mass is 346 g/mol. The lowest BCUT2D eigenvalue weighted by molar-refractivity contribution is 0.0693. The van der Waals surface area contributed by atoms with E-state index in [-0.39, 0.29) is 22.0 Å². The van der Waals surface area contributed by atoms with Crippen LogP contribution in [0.15, 0.2) is 42.6 Å². The molecule has 0 aliphatic heterocycles. The van der Waals surface area contributed by atoms with Crippen molar-refractivity contribution in [3.05, 3.63) is 59.0 Å². The van der Waals surface area contributed by atoms with Crippen LogP contribution < -0.4 is 10.1 Å². The van der Waals surface area contributed by atoms with Gasteiger partial charge in [-0.25, -0.2) is 9.18 Å². The second-order valence-corrected chi connectivity index (χ2v) is 5.42. The van der Waals surface area contributed by atoms with Gasteiger partial charge in [0.15, 0.2) is 0 Å². The molecule has 0 atom stereocenters. The van der Waals surface area contributed by atoms with Crippen LogP contribution >= 0.6 is 11.6 Å². The maximum Gasteiger partial charge on any atom is 0.339 e. The molecule has 0 aliphatic rings. The number of aromatic nitrogens is 1. The fraction of sp³-hybridized carbons (Fsp3) is 0.0588. The van der Waals surface area contributed by atoms with Gasteiger partial charge >= 0.3 is 5.97 Å². The van der Waals surface area contributed by atoms with Crippen molar-refractivity contribution in [1.29, 1.82) is 0 Å². The Labute approximate surface area is 141 Å². The number of ether oxygens (including phenoxy) is 1. The average Bonchev–Trinajstić information content (AvgIpc) is 2.56. The van der Waals surface area contributed by atoms with Crippen LogP contribution in [0.3, 0.4) is 0 Å². The smallest absolute Gasteiger partial charge is 0.339 e. The summed E-state index contributed by atoms with van der Waals surface area (Å²) in [5.74, 6) is -1.43. The van der Waals surface area contributed by atoms with Gasteiger partial charge in [0.25, 0.3) is 0 Å². The number of carbonyl (C=O) groups is 1. The molecule has 2 N–H and O–H groups in total. The Bertz CT molecular complexity index is 947. The molecule has 0 fully saturated rings. The molecule has 122 valence electrons. The normalized spacial score (nSPS) is 10.6. The van der Waals surface area contributed by atoms with Gasteiger partial charge in [-0.15, -0.1) is 0 Å². The number of anilines is 2. The molecule has 0 amide bonds. The number of nitrogens with zero attached hydrogens (tertiary/aromatic N) is 1. The Morgan fingerprint density at radius 2 is 2.04 bits per heavy atom. The predicted molar refractivity (Wildman–Crippen MR) is 89.9 cm³/mol. The summed E-state index contributed by atoms with van der Waals surface area (Å²) in [5, 5.41) is 13.1. The maximum atomic E-state index is 14.0. The zero-order chi connectivity index (χ0) is 17.3. The lowest BCUT2D eigenvalue weighted by atomic mass is 10.1. The van der Waals surface area contributed by atoms with Crippen molar-refractivity contribution < 1.29 is 19.0 Å². The molecule has 0 spiro atoms. The van der Waals surface area contributed by atoms with Crippen LogP contribution in [0.4, 0.5) is 15.8 Å². The number of nitrogens with one attached hydrogen (secondary N) is 1. The minimum absolute atomic E-state index is 0.00220. The number of rotatable bonds is 4. The molecule has 0 bridgehead atoms. The molecule has 5 nitrogen and oxygen atoms in total. The number of hydrogen-bond acceptors (Lipinski definition) is 4. The molecule has 7 heteroatoms. The number of fused-ring (bicyclic) bond motifs is 1. The van der Waals surface area contributed by atoms with Gasteiger partial charge in [0.05, 0.1) is 18.3 Å². The molecule has 0 aliphatic carbocycles. The third-order valence-corrected chi connectivity index (χ3v) is 3.73. The van der Waals surface area contributed by atoms with E-state index < -0.39 is 11.8 Å². The molecular formula is C17H12ClFN2O3. The highest BCUT2D eigenvalue weighted by atomic mass is 35.5. The molecule has 2 aromatic carbocycles. The second-order valence-electron chi connectivity index (χ2n) is 4.98. The summed E-state index contributed by atoms with van der Waals surface area (Å²) in [6.07, 6.45) is 1.54. The molecule has 0 saturated heterocycles. The highest BCUT2D eigenvalue weighted by molar-refractivity contribution is 6.30. The van der Waals surface area contributed by atoms with E-state index in [9.17, 15) is 14.3 Å². The van der Waals surface area contributed by atoms with Crippen molar-refractivity contribution in [2.45, 2.75) is 0 Å². The zero-order valence-corrected chi connectivity index (χ0v) is 13.3. The fourth-order valence-electron chi connectivity index (χ4n) is 2.35. The van der Waals surface area contributed by atoms with Crippen molar-refractivity contribution in [3.63, 3.8) is 0 Å². The lowest BCUT2D eigenvalue weighted by Gasteiger charge is -2.12. The molecule has 0 unspecified atom stereocenters. The first-order valence-corrected chi connectivity index (χ1v) is 7.29. The Balaban J connectivity index is 2.14. The number of carboxylic acids is 1. The van der Waals surface area contributed by atoms with E-state index in [0.29, 0.717) is 16.6 Å². The van der Waals surface area contributed by atoms with Gasteiger partial charge in [0.2, 0.25) is 0 Å². The number of pyridine rings is 1. The standard InChI is InChI=1S/C17H12ClFN2O3/c1-24-16-8-15-10(7-11(16)17(22)23)13(4-5-20-15)21-14-3-2-9(18)6-12(14)19/h2-8H,1H3,(H,20,21)(H,22,23). The predicted octanol–water partition coefficient (Wildman–Crippen LogP) is 4.48. The van der Waals surface area contributed by atoms with Crippen LogP contribution in [0, 0.1) is 5.82 Å². The molecule has 0 saturated carbocycles. The number of carboxylic acid groups (broad SMARTS) is 1. The summed E-state index contributed by atoms with van der Waals surface area (Å²) in [4.78, 5) is 15.6. The Morgan fingerprint density at radius 3 is 2.71 bits per heavy atom. The number of hydrogen-bond donors (Lipinski definition) is 2. The maximum absolute atomic E-state index is 14.0. The minimum Gasteiger partial charge on any atom is -0.496 e. The quantitative estimate of drug-likeness (QED) is 0.729. The van der Waals surface area contributed by atoms with Crippen LogP contribution in [0.5, 0.6) is 5.75 Å². The zero-order valence-electron chi connectivity index (χ0n) is 12.5. The second kappa shape index (κ2) is 6.33. The van der Waals surface area contributed by atoms with Crippen LogP contribution in [0.2, 0.25) is 5.02 Å². The van der Waals surface area contributed by atoms with Gasteiger partial charge in [-0.3, -0.25) is 4.98 Å². The van der Waals surface area contributed by atoms with E-state index in [1.165, 1.54) is 31.4 Å². The van der Waals surface area contributed by atoms with Gasteiger partial charge in [-0.1, -0.05) is 11.6 Å². The van der Waals surface area contributed by atoms with Crippen LogP contribution in [-0.4, -0.2) is 23.2 Å². The van der Waals surface area contributed by atoms with E-state index >= 15 is 0 Å². The van der Waals surface area contributed by atoms with E-state index in [1.54, 1.807) is 18.3 Å². The first kappa shape index (κ1) is 16.0. The van der Waals surface area contributed by atoms with E-state index in [1.807, 2.05) is 0 Å². The SMILES string of the molecule is COc1cc2nccc(Nc3ccc(Cl)cc3F)c2cc1C(=O)O. The highest BCUT2D eigenvalue weighted by Crippen LogP contribution is 2.32. The van der Waals surface area contributed by atoms with Crippen molar-refractivity contribution in [2.24, 2.45) is 0 Å².